The lowest BCUT2D eigenvalue weighted by Gasteiger charge is -2.18. The average molecular weight is 235 g/mol. The number of nitrogens with one attached hydrogen (secondary N) is 1. The number of hydrogen-bond donors (Lipinski definition) is 1. The summed E-state index contributed by atoms with van der Waals surface area (Å²) in [6, 6.07) is 7.13. The highest BCUT2D eigenvalue weighted by molar-refractivity contribution is 5.19. The molecule has 0 aliphatic heterocycles. The Morgan fingerprint density at radius 1 is 1.35 bits per heavy atom. The molecule has 0 bridgehead atoms. The molecule has 0 aliphatic carbocycles. The first-order chi connectivity index (χ1) is 8.27. The van der Waals surface area contributed by atoms with Crippen molar-refractivity contribution in [2.24, 2.45) is 0 Å². The third kappa shape index (κ3) is 5.14. The van der Waals surface area contributed by atoms with E-state index in [0.717, 1.165) is 32.2 Å². The molecule has 0 saturated heterocycles. The van der Waals surface area contributed by atoms with Gasteiger partial charge in [0.1, 0.15) is 5.82 Å². The van der Waals surface area contributed by atoms with Crippen LogP contribution in [0.1, 0.15) is 44.2 Å². The van der Waals surface area contributed by atoms with E-state index < -0.39 is 0 Å². The highest BCUT2D eigenvalue weighted by Crippen LogP contribution is 2.19. The molecule has 1 rings (SSSR count). The Morgan fingerprint density at radius 2 is 2.06 bits per heavy atom. The van der Waals surface area contributed by atoms with Crippen LogP contribution in [0.25, 0.3) is 0 Å². The SMILES string of the molecule is C=CCCCC(NCCC)c1ccc(F)cc1. The fraction of sp³-hybridized carbons (Fsp3) is 0.467. The minimum absolute atomic E-state index is 0.172. The number of allylic oxidation sites excluding steroid dienone is 1. The van der Waals surface area contributed by atoms with Gasteiger partial charge >= 0.3 is 0 Å². The van der Waals surface area contributed by atoms with Gasteiger partial charge in [-0.1, -0.05) is 25.1 Å². The molecule has 94 valence electrons. The second kappa shape index (κ2) is 8.02. The van der Waals surface area contributed by atoms with Crippen molar-refractivity contribution in [2.45, 2.75) is 38.6 Å². The standard InChI is InChI=1S/C15H22FN/c1-3-5-6-7-15(17-12-4-2)13-8-10-14(16)11-9-13/h3,8-11,15,17H,1,4-7,12H2,2H3. The molecule has 17 heavy (non-hydrogen) atoms. The Kier molecular flexibility index (Phi) is 6.56. The Morgan fingerprint density at radius 3 is 2.65 bits per heavy atom. The van der Waals surface area contributed by atoms with E-state index in [0.29, 0.717) is 6.04 Å². The van der Waals surface area contributed by atoms with E-state index in [1.165, 1.54) is 17.7 Å². The van der Waals surface area contributed by atoms with Gasteiger partial charge in [0.15, 0.2) is 0 Å². The van der Waals surface area contributed by atoms with E-state index in [-0.39, 0.29) is 5.82 Å². The lowest BCUT2D eigenvalue weighted by Crippen LogP contribution is -2.22. The summed E-state index contributed by atoms with van der Waals surface area (Å²) in [4.78, 5) is 0. The summed E-state index contributed by atoms with van der Waals surface area (Å²) in [5, 5.41) is 3.51. The molecule has 0 aliphatic rings. The zero-order valence-electron chi connectivity index (χ0n) is 10.6. The predicted molar refractivity (Wildman–Crippen MR) is 71.5 cm³/mol. The van der Waals surface area contributed by atoms with Gasteiger partial charge in [0.2, 0.25) is 0 Å². The molecule has 0 fully saturated rings. The first-order valence-electron chi connectivity index (χ1n) is 6.37. The number of rotatable bonds is 8. The van der Waals surface area contributed by atoms with Crippen LogP contribution < -0.4 is 5.32 Å². The van der Waals surface area contributed by atoms with Crippen molar-refractivity contribution in [2.75, 3.05) is 6.54 Å². The molecule has 0 radical (unpaired) electrons. The minimum atomic E-state index is -0.172. The topological polar surface area (TPSA) is 12.0 Å². The molecule has 0 spiro atoms. The zero-order chi connectivity index (χ0) is 12.5. The molecule has 0 saturated carbocycles. The van der Waals surface area contributed by atoms with E-state index in [1.807, 2.05) is 18.2 Å². The van der Waals surface area contributed by atoms with Crippen LogP contribution >= 0.6 is 0 Å². The average Bonchev–Trinajstić information content (AvgIpc) is 2.35. The molecular formula is C15H22FN. The van der Waals surface area contributed by atoms with Gasteiger partial charge in [-0.2, -0.15) is 0 Å². The first kappa shape index (κ1) is 13.9. The molecule has 1 nitrogen and oxygen atoms in total. The fourth-order valence-corrected chi connectivity index (χ4v) is 1.87. The van der Waals surface area contributed by atoms with Gasteiger partial charge in [-0.3, -0.25) is 0 Å². The number of hydrogen-bond acceptors (Lipinski definition) is 1. The summed E-state index contributed by atoms with van der Waals surface area (Å²) in [6.07, 6.45) is 6.27. The van der Waals surface area contributed by atoms with Crippen LogP contribution in [0.2, 0.25) is 0 Å². The summed E-state index contributed by atoms with van der Waals surface area (Å²) >= 11 is 0. The van der Waals surface area contributed by atoms with Crippen LogP contribution in [0, 0.1) is 5.82 Å². The molecule has 1 aromatic rings. The van der Waals surface area contributed by atoms with Gasteiger partial charge in [0.05, 0.1) is 0 Å². The van der Waals surface area contributed by atoms with Crippen molar-refractivity contribution < 1.29 is 4.39 Å². The number of benzene rings is 1. The summed E-state index contributed by atoms with van der Waals surface area (Å²) in [6.45, 7) is 6.88. The van der Waals surface area contributed by atoms with Crippen molar-refractivity contribution in [3.63, 3.8) is 0 Å². The second-order valence-corrected chi connectivity index (χ2v) is 4.28. The molecule has 2 heteroatoms. The first-order valence-corrected chi connectivity index (χ1v) is 6.37. The summed E-state index contributed by atoms with van der Waals surface area (Å²) in [5.74, 6) is -0.172. The molecule has 1 N–H and O–H groups in total. The Balaban J connectivity index is 2.60. The summed E-state index contributed by atoms with van der Waals surface area (Å²) in [7, 11) is 0. The smallest absolute Gasteiger partial charge is 0.123 e. The molecule has 1 aromatic carbocycles. The number of unbranched alkanes of at least 4 members (excludes halogenated alkanes) is 1. The van der Waals surface area contributed by atoms with Crippen LogP contribution in [-0.2, 0) is 0 Å². The maximum Gasteiger partial charge on any atom is 0.123 e. The Hall–Kier alpha value is -1.15. The largest absolute Gasteiger partial charge is 0.310 e. The van der Waals surface area contributed by atoms with Crippen LogP contribution in [0.15, 0.2) is 36.9 Å². The summed E-state index contributed by atoms with van der Waals surface area (Å²) in [5.41, 5.74) is 1.17. The quantitative estimate of drug-likeness (QED) is 0.525. The molecule has 1 unspecified atom stereocenters. The minimum Gasteiger partial charge on any atom is -0.310 e. The van der Waals surface area contributed by atoms with E-state index in [4.69, 9.17) is 0 Å². The van der Waals surface area contributed by atoms with Gasteiger partial charge in [-0.15, -0.1) is 6.58 Å². The van der Waals surface area contributed by atoms with E-state index >= 15 is 0 Å². The van der Waals surface area contributed by atoms with E-state index in [9.17, 15) is 4.39 Å². The highest BCUT2D eigenvalue weighted by Gasteiger charge is 2.09. The third-order valence-electron chi connectivity index (χ3n) is 2.81. The Labute approximate surface area is 104 Å². The molecule has 0 aromatic heterocycles. The van der Waals surface area contributed by atoms with Crippen LogP contribution in [0.3, 0.4) is 0 Å². The van der Waals surface area contributed by atoms with Gasteiger partial charge < -0.3 is 5.32 Å². The van der Waals surface area contributed by atoms with Gasteiger partial charge in [-0.25, -0.2) is 4.39 Å². The van der Waals surface area contributed by atoms with Gasteiger partial charge in [0.25, 0.3) is 0 Å². The molecular weight excluding hydrogens is 213 g/mol. The van der Waals surface area contributed by atoms with E-state index in [1.54, 1.807) is 0 Å². The molecule has 0 heterocycles. The second-order valence-electron chi connectivity index (χ2n) is 4.28. The van der Waals surface area contributed by atoms with Crippen LogP contribution in [-0.4, -0.2) is 6.54 Å². The molecule has 0 amide bonds. The van der Waals surface area contributed by atoms with Gasteiger partial charge in [0, 0.05) is 6.04 Å². The van der Waals surface area contributed by atoms with Crippen molar-refractivity contribution in [1.29, 1.82) is 0 Å². The van der Waals surface area contributed by atoms with Crippen LogP contribution in [0.5, 0.6) is 0 Å². The Bertz CT molecular complexity index is 318. The predicted octanol–water partition coefficient (Wildman–Crippen LogP) is 4.22. The van der Waals surface area contributed by atoms with Gasteiger partial charge in [-0.05, 0) is 49.9 Å². The zero-order valence-corrected chi connectivity index (χ0v) is 10.6. The third-order valence-corrected chi connectivity index (χ3v) is 2.81. The highest BCUT2D eigenvalue weighted by atomic mass is 19.1. The molecule has 1 atom stereocenters. The van der Waals surface area contributed by atoms with E-state index in [2.05, 4.69) is 18.8 Å². The monoisotopic (exact) mass is 235 g/mol. The maximum absolute atomic E-state index is 12.9. The van der Waals surface area contributed by atoms with Crippen LogP contribution in [0.4, 0.5) is 4.39 Å². The van der Waals surface area contributed by atoms with Crippen molar-refractivity contribution in [3.8, 4) is 0 Å². The lowest BCUT2D eigenvalue weighted by molar-refractivity contribution is 0.485. The van der Waals surface area contributed by atoms with Crippen molar-refractivity contribution in [3.05, 3.63) is 48.3 Å². The number of halogens is 1. The summed E-state index contributed by atoms with van der Waals surface area (Å²) < 4.78 is 12.9. The fourth-order valence-electron chi connectivity index (χ4n) is 1.87. The van der Waals surface area contributed by atoms with Crippen molar-refractivity contribution in [1.82, 2.24) is 5.32 Å². The lowest BCUT2D eigenvalue weighted by atomic mass is 10.0. The maximum atomic E-state index is 12.9. The normalized spacial score (nSPS) is 12.4. The van der Waals surface area contributed by atoms with Crippen molar-refractivity contribution >= 4 is 0 Å².